The van der Waals surface area contributed by atoms with Crippen LogP contribution < -0.4 is 4.74 Å². The van der Waals surface area contributed by atoms with Crippen molar-refractivity contribution in [3.8, 4) is 17.1 Å². The van der Waals surface area contributed by atoms with Crippen molar-refractivity contribution in [1.29, 1.82) is 0 Å². The lowest BCUT2D eigenvalue weighted by Gasteiger charge is -2.03. The largest absolute Gasteiger partial charge is 0.483 e. The molecule has 0 unspecified atom stereocenters. The van der Waals surface area contributed by atoms with Gasteiger partial charge in [0.05, 0.1) is 12.4 Å². The summed E-state index contributed by atoms with van der Waals surface area (Å²) < 4.78 is 5.05. The molecule has 0 spiro atoms. The lowest BCUT2D eigenvalue weighted by molar-refractivity contribution is -0.109. The Morgan fingerprint density at radius 3 is 2.71 bits per heavy atom. The monoisotopic (exact) mass is 248 g/mol. The van der Waals surface area contributed by atoms with Gasteiger partial charge in [0.1, 0.15) is 6.61 Å². The van der Waals surface area contributed by atoms with Crippen LogP contribution in [0, 0.1) is 0 Å². The SMILES string of the molecule is O=CCOc1cnc(-c2cccc(Cl)c2)nc1. The fourth-order valence-corrected chi connectivity index (χ4v) is 1.49. The maximum Gasteiger partial charge on any atom is 0.159 e. The van der Waals surface area contributed by atoms with Crippen molar-refractivity contribution < 1.29 is 9.53 Å². The van der Waals surface area contributed by atoms with E-state index in [1.54, 1.807) is 12.1 Å². The quantitative estimate of drug-likeness (QED) is 0.780. The molecule has 0 fully saturated rings. The summed E-state index contributed by atoms with van der Waals surface area (Å²) in [7, 11) is 0. The Balaban J connectivity index is 2.20. The van der Waals surface area contributed by atoms with Gasteiger partial charge in [-0.05, 0) is 12.1 Å². The van der Waals surface area contributed by atoms with Crippen LogP contribution in [0.15, 0.2) is 36.7 Å². The Labute approximate surface area is 103 Å². The molecule has 0 saturated carbocycles. The highest BCUT2D eigenvalue weighted by Crippen LogP contribution is 2.20. The van der Waals surface area contributed by atoms with Gasteiger partial charge in [0.25, 0.3) is 0 Å². The molecule has 17 heavy (non-hydrogen) atoms. The van der Waals surface area contributed by atoms with E-state index in [1.165, 1.54) is 12.4 Å². The molecule has 1 heterocycles. The maximum absolute atomic E-state index is 10.1. The number of aromatic nitrogens is 2. The summed E-state index contributed by atoms with van der Waals surface area (Å²) in [5.74, 6) is 1.02. The molecule has 0 amide bonds. The van der Waals surface area contributed by atoms with E-state index in [9.17, 15) is 4.79 Å². The highest BCUT2D eigenvalue weighted by molar-refractivity contribution is 6.30. The number of carbonyl (C=O) groups is 1. The molecular formula is C12H9ClN2O2. The molecule has 0 saturated heterocycles. The van der Waals surface area contributed by atoms with Gasteiger partial charge in [0.2, 0.25) is 0 Å². The Hall–Kier alpha value is -1.94. The smallest absolute Gasteiger partial charge is 0.159 e. The average Bonchev–Trinajstić information content (AvgIpc) is 2.37. The Bertz CT molecular complexity index is 514. The summed E-state index contributed by atoms with van der Waals surface area (Å²) in [6.07, 6.45) is 3.71. The summed E-state index contributed by atoms with van der Waals surface area (Å²) >= 11 is 5.88. The molecule has 0 atom stereocenters. The van der Waals surface area contributed by atoms with Gasteiger partial charge in [-0.25, -0.2) is 9.97 Å². The highest BCUT2D eigenvalue weighted by Gasteiger charge is 2.02. The molecule has 4 nitrogen and oxygen atoms in total. The Morgan fingerprint density at radius 2 is 2.06 bits per heavy atom. The number of nitrogens with zero attached hydrogens (tertiary/aromatic N) is 2. The molecule has 2 rings (SSSR count). The first kappa shape index (κ1) is 11.5. The predicted molar refractivity (Wildman–Crippen MR) is 64.0 cm³/mol. The Morgan fingerprint density at radius 1 is 1.29 bits per heavy atom. The first-order chi connectivity index (χ1) is 8.29. The van der Waals surface area contributed by atoms with Gasteiger partial charge in [0, 0.05) is 10.6 Å². The minimum atomic E-state index is -0.000127. The van der Waals surface area contributed by atoms with Gasteiger partial charge < -0.3 is 4.74 Å². The molecule has 86 valence electrons. The van der Waals surface area contributed by atoms with E-state index in [1.807, 2.05) is 12.1 Å². The van der Waals surface area contributed by atoms with Crippen molar-refractivity contribution in [2.24, 2.45) is 0 Å². The van der Waals surface area contributed by atoms with E-state index in [2.05, 4.69) is 9.97 Å². The predicted octanol–water partition coefficient (Wildman–Crippen LogP) is 2.37. The van der Waals surface area contributed by atoms with Crippen LogP contribution in [0.3, 0.4) is 0 Å². The second-order valence-electron chi connectivity index (χ2n) is 3.23. The van der Waals surface area contributed by atoms with Crippen LogP contribution in [0.4, 0.5) is 0 Å². The van der Waals surface area contributed by atoms with Crippen LogP contribution in [0.2, 0.25) is 5.02 Å². The number of benzene rings is 1. The molecule has 5 heteroatoms. The van der Waals surface area contributed by atoms with Crippen LogP contribution in [0.1, 0.15) is 0 Å². The summed E-state index contributed by atoms with van der Waals surface area (Å²) in [6.45, 7) is -0.000127. The first-order valence-electron chi connectivity index (χ1n) is 4.94. The fraction of sp³-hybridized carbons (Fsp3) is 0.0833. The minimum absolute atomic E-state index is 0.000127. The Kier molecular flexibility index (Phi) is 3.67. The van der Waals surface area contributed by atoms with Crippen LogP contribution >= 0.6 is 11.6 Å². The minimum Gasteiger partial charge on any atom is -0.483 e. The number of carbonyl (C=O) groups excluding carboxylic acids is 1. The molecule has 2 aromatic rings. The lowest BCUT2D eigenvalue weighted by atomic mass is 10.2. The van der Waals surface area contributed by atoms with Crippen LogP contribution in [-0.2, 0) is 4.79 Å². The number of hydrogen-bond donors (Lipinski definition) is 0. The van der Waals surface area contributed by atoms with Crippen LogP contribution in [-0.4, -0.2) is 22.9 Å². The topological polar surface area (TPSA) is 52.1 Å². The molecule has 0 radical (unpaired) electrons. The molecule has 0 N–H and O–H groups in total. The molecule has 1 aromatic heterocycles. The molecule has 0 bridgehead atoms. The molecule has 0 aliphatic heterocycles. The molecule has 0 aliphatic carbocycles. The van der Waals surface area contributed by atoms with Crippen LogP contribution in [0.5, 0.6) is 5.75 Å². The number of hydrogen-bond acceptors (Lipinski definition) is 4. The zero-order valence-corrected chi connectivity index (χ0v) is 9.59. The number of aldehydes is 1. The first-order valence-corrected chi connectivity index (χ1v) is 5.32. The molecule has 1 aromatic carbocycles. The van der Waals surface area contributed by atoms with E-state index in [4.69, 9.17) is 16.3 Å². The van der Waals surface area contributed by atoms with Crippen molar-refractivity contribution >= 4 is 17.9 Å². The zero-order valence-electron chi connectivity index (χ0n) is 8.84. The third-order valence-electron chi connectivity index (χ3n) is 2.03. The van der Waals surface area contributed by atoms with E-state index >= 15 is 0 Å². The van der Waals surface area contributed by atoms with Crippen molar-refractivity contribution in [1.82, 2.24) is 9.97 Å². The summed E-state index contributed by atoms with van der Waals surface area (Å²) in [4.78, 5) is 18.4. The van der Waals surface area contributed by atoms with Gasteiger partial charge in [-0.2, -0.15) is 0 Å². The number of halogens is 1. The average molecular weight is 249 g/mol. The van der Waals surface area contributed by atoms with Gasteiger partial charge in [0.15, 0.2) is 17.9 Å². The van der Waals surface area contributed by atoms with Crippen molar-refractivity contribution in [3.05, 3.63) is 41.7 Å². The van der Waals surface area contributed by atoms with Gasteiger partial charge in [-0.15, -0.1) is 0 Å². The van der Waals surface area contributed by atoms with Crippen molar-refractivity contribution in [2.45, 2.75) is 0 Å². The molecular weight excluding hydrogens is 240 g/mol. The molecule has 0 aliphatic rings. The van der Waals surface area contributed by atoms with E-state index in [-0.39, 0.29) is 6.61 Å². The number of ether oxygens (including phenoxy) is 1. The second kappa shape index (κ2) is 5.41. The fourth-order valence-electron chi connectivity index (χ4n) is 1.30. The third-order valence-corrected chi connectivity index (χ3v) is 2.26. The lowest BCUT2D eigenvalue weighted by Crippen LogP contribution is -1.99. The normalized spacial score (nSPS) is 9.94. The third kappa shape index (κ3) is 3.01. The maximum atomic E-state index is 10.1. The van der Waals surface area contributed by atoms with Gasteiger partial charge >= 0.3 is 0 Å². The highest BCUT2D eigenvalue weighted by atomic mass is 35.5. The summed E-state index contributed by atoms with van der Waals surface area (Å²) in [5.41, 5.74) is 0.833. The standard InChI is InChI=1S/C12H9ClN2O2/c13-10-3-1-2-9(6-10)12-14-7-11(8-15-12)17-5-4-16/h1-4,6-8H,5H2. The van der Waals surface area contributed by atoms with E-state index in [0.29, 0.717) is 22.9 Å². The summed E-state index contributed by atoms with van der Waals surface area (Å²) in [6, 6.07) is 7.26. The second-order valence-corrected chi connectivity index (χ2v) is 3.67. The summed E-state index contributed by atoms with van der Waals surface area (Å²) in [5, 5.41) is 0.632. The zero-order chi connectivity index (χ0) is 12.1. The van der Waals surface area contributed by atoms with E-state index in [0.717, 1.165) is 5.56 Å². The van der Waals surface area contributed by atoms with Crippen molar-refractivity contribution in [3.63, 3.8) is 0 Å². The van der Waals surface area contributed by atoms with E-state index < -0.39 is 0 Å². The van der Waals surface area contributed by atoms with Crippen molar-refractivity contribution in [2.75, 3.05) is 6.61 Å². The van der Waals surface area contributed by atoms with Gasteiger partial charge in [-0.1, -0.05) is 23.7 Å². The van der Waals surface area contributed by atoms with Gasteiger partial charge in [-0.3, -0.25) is 4.79 Å². The number of rotatable bonds is 4. The van der Waals surface area contributed by atoms with Crippen LogP contribution in [0.25, 0.3) is 11.4 Å².